The van der Waals surface area contributed by atoms with Crippen LogP contribution in [0.5, 0.6) is 5.75 Å². The molecule has 0 fully saturated rings. The summed E-state index contributed by atoms with van der Waals surface area (Å²) < 4.78 is 7.31. The lowest BCUT2D eigenvalue weighted by atomic mass is 10.2. The minimum Gasteiger partial charge on any atom is -0.495 e. The van der Waals surface area contributed by atoms with Crippen LogP contribution < -0.4 is 4.74 Å². The highest BCUT2D eigenvalue weighted by Crippen LogP contribution is 2.23. The molecule has 0 aliphatic heterocycles. The van der Waals surface area contributed by atoms with Crippen LogP contribution in [0.4, 0.5) is 0 Å². The smallest absolute Gasteiger partial charge is 0.143 e. The van der Waals surface area contributed by atoms with Gasteiger partial charge in [-0.15, -0.1) is 0 Å². The number of hydrogen-bond donors (Lipinski definition) is 0. The van der Waals surface area contributed by atoms with Crippen molar-refractivity contribution in [1.82, 2.24) is 9.55 Å². The molecular formula is C12H14N2O. The van der Waals surface area contributed by atoms with Crippen LogP contribution in [0.2, 0.25) is 0 Å². The molecule has 3 heteroatoms. The highest BCUT2D eigenvalue weighted by atomic mass is 16.5. The lowest BCUT2D eigenvalue weighted by molar-refractivity contribution is 0.412. The van der Waals surface area contributed by atoms with E-state index in [-0.39, 0.29) is 0 Å². The van der Waals surface area contributed by atoms with Crippen LogP contribution in [0.3, 0.4) is 0 Å². The van der Waals surface area contributed by atoms with Crippen molar-refractivity contribution in [3.63, 3.8) is 0 Å². The highest BCUT2D eigenvalue weighted by Gasteiger charge is 2.05. The Morgan fingerprint density at radius 2 is 2.07 bits per heavy atom. The number of rotatable bonds is 2. The van der Waals surface area contributed by atoms with Crippen molar-refractivity contribution in [2.45, 2.75) is 13.8 Å². The van der Waals surface area contributed by atoms with Gasteiger partial charge < -0.3 is 9.30 Å². The molecule has 2 aromatic rings. The minimum atomic E-state index is 0.868. The summed E-state index contributed by atoms with van der Waals surface area (Å²) in [6.07, 6.45) is 3.77. The van der Waals surface area contributed by atoms with E-state index in [1.165, 1.54) is 5.56 Å². The average molecular weight is 202 g/mol. The molecule has 1 heterocycles. The number of ether oxygens (including phenoxy) is 1. The third kappa shape index (κ3) is 1.86. The second kappa shape index (κ2) is 3.77. The van der Waals surface area contributed by atoms with E-state index in [1.54, 1.807) is 13.4 Å². The van der Waals surface area contributed by atoms with Crippen molar-refractivity contribution in [2.24, 2.45) is 0 Å². The third-order valence-corrected chi connectivity index (χ3v) is 2.33. The van der Waals surface area contributed by atoms with E-state index in [0.717, 1.165) is 17.1 Å². The summed E-state index contributed by atoms with van der Waals surface area (Å²) in [6, 6.07) is 6.12. The number of nitrogens with zero attached hydrogens (tertiary/aromatic N) is 2. The number of aryl methyl sites for hydroxylation is 2. The maximum absolute atomic E-state index is 5.34. The first-order chi connectivity index (χ1) is 7.20. The molecule has 0 saturated carbocycles. The van der Waals surface area contributed by atoms with Gasteiger partial charge in [-0.05, 0) is 31.5 Å². The Hall–Kier alpha value is -1.77. The molecule has 0 saturated heterocycles. The zero-order chi connectivity index (χ0) is 10.8. The second-order valence-electron chi connectivity index (χ2n) is 3.60. The van der Waals surface area contributed by atoms with Crippen molar-refractivity contribution < 1.29 is 4.74 Å². The molecule has 3 nitrogen and oxygen atoms in total. The maximum atomic E-state index is 5.34. The first-order valence-corrected chi connectivity index (χ1v) is 4.86. The Balaban J connectivity index is 2.52. The van der Waals surface area contributed by atoms with Gasteiger partial charge in [0, 0.05) is 6.20 Å². The molecule has 0 spiro atoms. The van der Waals surface area contributed by atoms with Crippen LogP contribution in [-0.4, -0.2) is 16.7 Å². The van der Waals surface area contributed by atoms with Crippen molar-refractivity contribution in [1.29, 1.82) is 0 Å². The quantitative estimate of drug-likeness (QED) is 0.748. The Bertz CT molecular complexity index is 474. The van der Waals surface area contributed by atoms with Gasteiger partial charge in [0.15, 0.2) is 0 Å². The molecule has 0 atom stereocenters. The number of hydrogen-bond acceptors (Lipinski definition) is 2. The summed E-state index contributed by atoms with van der Waals surface area (Å²) in [7, 11) is 1.68. The fourth-order valence-corrected chi connectivity index (χ4v) is 1.55. The summed E-state index contributed by atoms with van der Waals surface area (Å²) in [6.45, 7) is 4.02. The van der Waals surface area contributed by atoms with E-state index in [2.05, 4.69) is 11.1 Å². The molecule has 15 heavy (non-hydrogen) atoms. The second-order valence-corrected chi connectivity index (χ2v) is 3.60. The molecule has 0 N–H and O–H groups in total. The topological polar surface area (TPSA) is 27.1 Å². The Kier molecular flexibility index (Phi) is 2.46. The van der Waals surface area contributed by atoms with Gasteiger partial charge in [0.05, 0.1) is 24.8 Å². The highest BCUT2D eigenvalue weighted by molar-refractivity contribution is 5.48. The van der Waals surface area contributed by atoms with Gasteiger partial charge in [0.1, 0.15) is 5.75 Å². The molecule has 1 aromatic heterocycles. The first kappa shape index (κ1) is 9.77. The van der Waals surface area contributed by atoms with Gasteiger partial charge in [0.25, 0.3) is 0 Å². The molecule has 2 rings (SSSR count). The molecule has 0 bridgehead atoms. The predicted octanol–water partition coefficient (Wildman–Crippen LogP) is 2.50. The zero-order valence-corrected chi connectivity index (χ0v) is 9.19. The maximum Gasteiger partial charge on any atom is 0.143 e. The van der Waals surface area contributed by atoms with Crippen molar-refractivity contribution in [2.75, 3.05) is 7.11 Å². The van der Waals surface area contributed by atoms with Gasteiger partial charge >= 0.3 is 0 Å². The summed E-state index contributed by atoms with van der Waals surface area (Å²) in [5.74, 6) is 0.868. The fraction of sp³-hybridized carbons (Fsp3) is 0.250. The molecular weight excluding hydrogens is 188 g/mol. The van der Waals surface area contributed by atoms with E-state index in [4.69, 9.17) is 4.74 Å². The lowest BCUT2D eigenvalue weighted by Gasteiger charge is -2.09. The normalized spacial score (nSPS) is 10.3. The van der Waals surface area contributed by atoms with E-state index in [1.807, 2.05) is 36.7 Å². The van der Waals surface area contributed by atoms with Crippen molar-refractivity contribution in [3.8, 4) is 11.4 Å². The molecule has 0 radical (unpaired) electrons. The standard InChI is InChI=1S/C12H14N2O/c1-9-4-5-11(12(6-9)15-3)14-7-10(2)13-8-14/h4-8H,1-3H3. The minimum absolute atomic E-state index is 0.868. The summed E-state index contributed by atoms with van der Waals surface area (Å²) >= 11 is 0. The average Bonchev–Trinajstić information content (AvgIpc) is 2.64. The van der Waals surface area contributed by atoms with E-state index < -0.39 is 0 Å². The molecule has 0 amide bonds. The Morgan fingerprint density at radius 3 is 2.67 bits per heavy atom. The van der Waals surface area contributed by atoms with Crippen LogP contribution in [0.25, 0.3) is 5.69 Å². The Morgan fingerprint density at radius 1 is 1.27 bits per heavy atom. The van der Waals surface area contributed by atoms with Gasteiger partial charge in [-0.1, -0.05) is 6.07 Å². The molecule has 0 aliphatic rings. The number of aromatic nitrogens is 2. The van der Waals surface area contributed by atoms with Crippen LogP contribution in [0.1, 0.15) is 11.3 Å². The first-order valence-electron chi connectivity index (χ1n) is 4.86. The van der Waals surface area contributed by atoms with Crippen LogP contribution in [0.15, 0.2) is 30.7 Å². The van der Waals surface area contributed by atoms with E-state index >= 15 is 0 Å². The van der Waals surface area contributed by atoms with Gasteiger partial charge in [-0.2, -0.15) is 0 Å². The predicted molar refractivity (Wildman–Crippen MR) is 59.6 cm³/mol. The molecule has 1 aromatic carbocycles. The van der Waals surface area contributed by atoms with E-state index in [0.29, 0.717) is 0 Å². The summed E-state index contributed by atoms with van der Waals surface area (Å²) in [4.78, 5) is 4.20. The van der Waals surface area contributed by atoms with Crippen molar-refractivity contribution in [3.05, 3.63) is 42.0 Å². The molecule has 0 unspecified atom stereocenters. The van der Waals surface area contributed by atoms with Crippen LogP contribution in [0, 0.1) is 13.8 Å². The number of benzene rings is 1. The van der Waals surface area contributed by atoms with Crippen LogP contribution in [-0.2, 0) is 0 Å². The lowest BCUT2D eigenvalue weighted by Crippen LogP contribution is -1.95. The molecule has 0 aliphatic carbocycles. The van der Waals surface area contributed by atoms with Gasteiger partial charge in [-0.3, -0.25) is 0 Å². The van der Waals surface area contributed by atoms with Gasteiger partial charge in [0.2, 0.25) is 0 Å². The van der Waals surface area contributed by atoms with Gasteiger partial charge in [-0.25, -0.2) is 4.98 Å². The van der Waals surface area contributed by atoms with Crippen molar-refractivity contribution >= 4 is 0 Å². The summed E-state index contributed by atoms with van der Waals surface area (Å²) in [5, 5.41) is 0. The third-order valence-electron chi connectivity index (χ3n) is 2.33. The number of methoxy groups -OCH3 is 1. The fourth-order valence-electron chi connectivity index (χ4n) is 1.55. The monoisotopic (exact) mass is 202 g/mol. The Labute approximate surface area is 89.3 Å². The largest absolute Gasteiger partial charge is 0.495 e. The SMILES string of the molecule is COc1cc(C)ccc1-n1cnc(C)c1. The van der Waals surface area contributed by atoms with E-state index in [9.17, 15) is 0 Å². The molecule has 78 valence electrons. The number of imidazole rings is 1. The summed E-state index contributed by atoms with van der Waals surface area (Å²) in [5.41, 5.74) is 3.20. The zero-order valence-electron chi connectivity index (χ0n) is 9.19. The van der Waals surface area contributed by atoms with Crippen LogP contribution >= 0.6 is 0 Å².